The molecule has 0 unspecified atom stereocenters. The van der Waals surface area contributed by atoms with E-state index in [1.54, 1.807) is 34.9 Å². The molecule has 30 heavy (non-hydrogen) atoms. The maximum absolute atomic E-state index is 12.7. The van der Waals surface area contributed by atoms with E-state index in [1.165, 1.54) is 12.1 Å². The molecule has 0 aliphatic heterocycles. The molecule has 1 N–H and O–H groups in total. The van der Waals surface area contributed by atoms with Gasteiger partial charge in [0.2, 0.25) is 21.7 Å². The van der Waals surface area contributed by atoms with E-state index in [1.807, 2.05) is 13.8 Å². The highest BCUT2D eigenvalue weighted by Crippen LogP contribution is 2.24. The Labute approximate surface area is 181 Å². The molecule has 4 rings (SSSR count). The molecule has 0 atom stereocenters. The second-order valence-electron chi connectivity index (χ2n) is 6.80. The fourth-order valence-corrected chi connectivity index (χ4v) is 5.21. The third kappa shape index (κ3) is 4.04. The Hall–Kier alpha value is -2.53. The fourth-order valence-electron chi connectivity index (χ4n) is 2.96. The SMILES string of the molecule is CC(C)n1c(=O)sc2cc(S(=O)(=O)NCc3nc(-c4ccc(Cl)cc4)no3)ccc21. The van der Waals surface area contributed by atoms with Crippen LogP contribution in [0.25, 0.3) is 21.6 Å². The predicted molar refractivity (Wildman–Crippen MR) is 115 cm³/mol. The summed E-state index contributed by atoms with van der Waals surface area (Å²) in [7, 11) is -3.83. The lowest BCUT2D eigenvalue weighted by Gasteiger charge is -2.08. The molecular formula is C19H17ClN4O4S2. The number of hydrogen-bond acceptors (Lipinski definition) is 7. The van der Waals surface area contributed by atoms with Gasteiger partial charge in [-0.2, -0.15) is 4.98 Å². The minimum atomic E-state index is -3.83. The van der Waals surface area contributed by atoms with E-state index < -0.39 is 10.0 Å². The molecule has 0 aliphatic carbocycles. The van der Waals surface area contributed by atoms with Crippen LogP contribution < -0.4 is 9.60 Å². The lowest BCUT2D eigenvalue weighted by molar-refractivity contribution is 0.376. The van der Waals surface area contributed by atoms with Gasteiger partial charge in [-0.3, -0.25) is 9.36 Å². The third-order valence-corrected chi connectivity index (χ3v) is 6.96. The Kier molecular flexibility index (Phi) is 5.49. The van der Waals surface area contributed by atoms with Crippen LogP contribution >= 0.6 is 22.9 Å². The maximum Gasteiger partial charge on any atom is 0.308 e. The number of fused-ring (bicyclic) bond motifs is 1. The lowest BCUT2D eigenvalue weighted by atomic mass is 10.2. The average Bonchev–Trinajstić information content (AvgIpc) is 3.30. The van der Waals surface area contributed by atoms with Crippen LogP contribution in [0.1, 0.15) is 25.8 Å². The van der Waals surface area contributed by atoms with Crippen molar-refractivity contribution in [2.24, 2.45) is 0 Å². The second-order valence-corrected chi connectivity index (χ2v) is 10.0. The van der Waals surface area contributed by atoms with E-state index in [4.69, 9.17) is 16.1 Å². The first-order chi connectivity index (χ1) is 14.2. The Morgan fingerprint density at radius 2 is 1.93 bits per heavy atom. The van der Waals surface area contributed by atoms with E-state index in [9.17, 15) is 13.2 Å². The zero-order valence-electron chi connectivity index (χ0n) is 16.0. The Morgan fingerprint density at radius 3 is 2.63 bits per heavy atom. The number of nitrogens with zero attached hydrogens (tertiary/aromatic N) is 3. The van der Waals surface area contributed by atoms with Crippen molar-refractivity contribution >= 4 is 43.2 Å². The van der Waals surface area contributed by atoms with E-state index in [2.05, 4.69) is 14.9 Å². The van der Waals surface area contributed by atoms with Gasteiger partial charge >= 0.3 is 4.87 Å². The van der Waals surface area contributed by atoms with E-state index >= 15 is 0 Å². The molecule has 2 heterocycles. The van der Waals surface area contributed by atoms with E-state index in [0.717, 1.165) is 11.3 Å². The summed E-state index contributed by atoms with van der Waals surface area (Å²) in [5.41, 5.74) is 1.41. The van der Waals surface area contributed by atoms with Crippen LogP contribution in [-0.2, 0) is 16.6 Å². The van der Waals surface area contributed by atoms with Gasteiger partial charge in [-0.15, -0.1) is 0 Å². The second kappa shape index (κ2) is 7.95. The van der Waals surface area contributed by atoms with Crippen LogP contribution in [0, 0.1) is 0 Å². The number of rotatable bonds is 6. The third-order valence-electron chi connectivity index (χ3n) is 4.40. The highest BCUT2D eigenvalue weighted by atomic mass is 35.5. The highest BCUT2D eigenvalue weighted by Gasteiger charge is 2.19. The summed E-state index contributed by atoms with van der Waals surface area (Å²) >= 11 is 6.88. The molecule has 0 saturated heterocycles. The van der Waals surface area contributed by atoms with Crippen LogP contribution in [0.2, 0.25) is 5.02 Å². The van der Waals surface area contributed by atoms with Crippen LogP contribution in [0.3, 0.4) is 0 Å². The van der Waals surface area contributed by atoms with Crippen molar-refractivity contribution in [3.05, 3.63) is 63.0 Å². The maximum atomic E-state index is 12.7. The average molecular weight is 465 g/mol. The van der Waals surface area contributed by atoms with Crippen molar-refractivity contribution in [3.8, 4) is 11.4 Å². The Bertz CT molecular complexity index is 1370. The fraction of sp³-hybridized carbons (Fsp3) is 0.211. The largest absolute Gasteiger partial charge is 0.338 e. The molecule has 4 aromatic rings. The Balaban J connectivity index is 1.54. The number of aromatic nitrogens is 3. The molecule has 156 valence electrons. The zero-order valence-corrected chi connectivity index (χ0v) is 18.4. The van der Waals surface area contributed by atoms with Gasteiger partial charge in [0.15, 0.2) is 0 Å². The topological polar surface area (TPSA) is 107 Å². The van der Waals surface area contributed by atoms with Gasteiger partial charge in [-0.05, 0) is 56.3 Å². The lowest BCUT2D eigenvalue weighted by Crippen LogP contribution is -2.23. The molecule has 0 amide bonds. The summed E-state index contributed by atoms with van der Waals surface area (Å²) in [5.74, 6) is 0.460. The number of nitrogens with one attached hydrogen (secondary N) is 1. The summed E-state index contributed by atoms with van der Waals surface area (Å²) in [6.07, 6.45) is 0. The van der Waals surface area contributed by atoms with Gasteiger partial charge in [0.25, 0.3) is 0 Å². The molecule has 2 aromatic heterocycles. The quantitative estimate of drug-likeness (QED) is 0.464. The molecule has 11 heteroatoms. The summed E-state index contributed by atoms with van der Waals surface area (Å²) in [4.78, 5) is 16.3. The number of thiazole rings is 1. The molecular weight excluding hydrogens is 448 g/mol. The summed E-state index contributed by atoms with van der Waals surface area (Å²) < 4.78 is 35.2. The van der Waals surface area contributed by atoms with Gasteiger partial charge in [0.1, 0.15) is 0 Å². The summed E-state index contributed by atoms with van der Waals surface area (Å²) in [5, 5.41) is 4.44. The number of sulfonamides is 1. The first kappa shape index (κ1) is 20.7. The normalized spacial score (nSPS) is 12.1. The van der Waals surface area contributed by atoms with Crippen molar-refractivity contribution in [1.29, 1.82) is 0 Å². The molecule has 0 saturated carbocycles. The van der Waals surface area contributed by atoms with Crippen LogP contribution in [0.15, 0.2) is 56.7 Å². The first-order valence-electron chi connectivity index (χ1n) is 8.98. The number of halogens is 1. The van der Waals surface area contributed by atoms with Crippen LogP contribution in [0.5, 0.6) is 0 Å². The van der Waals surface area contributed by atoms with Crippen molar-refractivity contribution in [2.45, 2.75) is 31.3 Å². The molecule has 2 aromatic carbocycles. The monoisotopic (exact) mass is 464 g/mol. The molecule has 0 spiro atoms. The van der Waals surface area contributed by atoms with Crippen LogP contribution in [0.4, 0.5) is 0 Å². The minimum Gasteiger partial charge on any atom is -0.338 e. The smallest absolute Gasteiger partial charge is 0.308 e. The predicted octanol–water partition coefficient (Wildman–Crippen LogP) is 3.83. The molecule has 0 fully saturated rings. The van der Waals surface area contributed by atoms with E-state index in [0.29, 0.717) is 26.6 Å². The number of hydrogen-bond donors (Lipinski definition) is 1. The first-order valence-corrected chi connectivity index (χ1v) is 11.7. The molecule has 0 radical (unpaired) electrons. The summed E-state index contributed by atoms with van der Waals surface area (Å²) in [6.45, 7) is 3.65. The Morgan fingerprint density at radius 1 is 1.20 bits per heavy atom. The van der Waals surface area contributed by atoms with Crippen molar-refractivity contribution in [1.82, 2.24) is 19.4 Å². The molecule has 0 aliphatic rings. The molecule has 0 bridgehead atoms. The van der Waals surface area contributed by atoms with Crippen molar-refractivity contribution in [3.63, 3.8) is 0 Å². The summed E-state index contributed by atoms with van der Waals surface area (Å²) in [6, 6.07) is 11.5. The zero-order chi connectivity index (χ0) is 21.5. The van der Waals surface area contributed by atoms with Crippen molar-refractivity contribution in [2.75, 3.05) is 0 Å². The standard InChI is InChI=1S/C19H17ClN4O4S2/c1-11(2)24-15-8-7-14(9-16(15)29-19(24)25)30(26,27)21-10-17-22-18(23-28-17)12-3-5-13(20)6-4-12/h3-9,11,21H,10H2,1-2H3. The van der Waals surface area contributed by atoms with Gasteiger partial charge < -0.3 is 4.52 Å². The number of benzene rings is 2. The highest BCUT2D eigenvalue weighted by molar-refractivity contribution is 7.89. The molecule has 8 nitrogen and oxygen atoms in total. The van der Waals surface area contributed by atoms with Gasteiger partial charge in [-0.1, -0.05) is 28.1 Å². The van der Waals surface area contributed by atoms with Gasteiger partial charge in [0, 0.05) is 16.6 Å². The van der Waals surface area contributed by atoms with Gasteiger partial charge in [0.05, 0.1) is 21.7 Å². The van der Waals surface area contributed by atoms with Crippen LogP contribution in [-0.4, -0.2) is 23.1 Å². The van der Waals surface area contributed by atoms with Gasteiger partial charge in [-0.25, -0.2) is 13.1 Å². The van der Waals surface area contributed by atoms with E-state index in [-0.39, 0.29) is 28.2 Å². The minimum absolute atomic E-state index is 0.0146. The van der Waals surface area contributed by atoms with Crippen molar-refractivity contribution < 1.29 is 12.9 Å².